The Morgan fingerprint density at radius 2 is 1.05 bits per heavy atom. The van der Waals surface area contributed by atoms with E-state index in [-0.39, 0.29) is 0 Å². The fourth-order valence-corrected chi connectivity index (χ4v) is 2.76. The Kier molecular flexibility index (Phi) is 4.47. The SMILES string of the molecule is CCCNc1ccc2cc3cc(NCCC)ccc3cc2c1. The molecule has 0 radical (unpaired) electrons. The Bertz CT molecular complexity index is 710. The molecule has 2 heteroatoms. The Labute approximate surface area is 132 Å². The average molecular weight is 292 g/mol. The summed E-state index contributed by atoms with van der Waals surface area (Å²) in [6.07, 6.45) is 2.28. The van der Waals surface area contributed by atoms with Crippen molar-refractivity contribution in [2.24, 2.45) is 0 Å². The molecule has 3 aromatic rings. The number of benzene rings is 3. The fourth-order valence-electron chi connectivity index (χ4n) is 2.76. The Morgan fingerprint density at radius 1 is 0.591 bits per heavy atom. The largest absolute Gasteiger partial charge is 0.385 e. The minimum atomic E-state index is 1.02. The number of hydrogen-bond acceptors (Lipinski definition) is 2. The van der Waals surface area contributed by atoms with Crippen LogP contribution in [0.5, 0.6) is 0 Å². The van der Waals surface area contributed by atoms with Crippen LogP contribution in [0.2, 0.25) is 0 Å². The molecule has 0 bridgehead atoms. The van der Waals surface area contributed by atoms with E-state index in [0.717, 1.165) is 25.9 Å². The van der Waals surface area contributed by atoms with E-state index in [2.05, 4.69) is 73.0 Å². The quantitative estimate of drug-likeness (QED) is 0.575. The lowest BCUT2D eigenvalue weighted by atomic mass is 10.0. The van der Waals surface area contributed by atoms with Crippen LogP contribution in [-0.2, 0) is 0 Å². The summed E-state index contributed by atoms with van der Waals surface area (Å²) in [5.74, 6) is 0. The molecule has 0 saturated heterocycles. The highest BCUT2D eigenvalue weighted by atomic mass is 14.9. The van der Waals surface area contributed by atoms with E-state index in [1.807, 2.05) is 0 Å². The lowest BCUT2D eigenvalue weighted by Gasteiger charge is -2.09. The smallest absolute Gasteiger partial charge is 0.0346 e. The molecule has 0 aliphatic carbocycles. The van der Waals surface area contributed by atoms with Crippen LogP contribution in [0.1, 0.15) is 26.7 Å². The van der Waals surface area contributed by atoms with Crippen LogP contribution >= 0.6 is 0 Å². The van der Waals surface area contributed by atoms with Crippen molar-refractivity contribution in [3.63, 3.8) is 0 Å². The molecule has 2 nitrogen and oxygen atoms in total. The van der Waals surface area contributed by atoms with E-state index in [1.165, 1.54) is 32.9 Å². The first-order valence-corrected chi connectivity index (χ1v) is 8.25. The lowest BCUT2D eigenvalue weighted by molar-refractivity contribution is 0.980. The lowest BCUT2D eigenvalue weighted by Crippen LogP contribution is -1.99. The van der Waals surface area contributed by atoms with Crippen LogP contribution in [-0.4, -0.2) is 13.1 Å². The number of rotatable bonds is 6. The van der Waals surface area contributed by atoms with Crippen LogP contribution in [0, 0.1) is 0 Å². The van der Waals surface area contributed by atoms with Crippen molar-refractivity contribution in [3.05, 3.63) is 48.5 Å². The molecule has 0 saturated carbocycles. The molecule has 0 spiro atoms. The molecule has 0 unspecified atom stereocenters. The summed E-state index contributed by atoms with van der Waals surface area (Å²) in [6, 6.07) is 17.8. The Balaban J connectivity index is 1.98. The summed E-state index contributed by atoms with van der Waals surface area (Å²) in [5, 5.41) is 12.1. The van der Waals surface area contributed by atoms with Crippen LogP contribution < -0.4 is 10.6 Å². The second-order valence-corrected chi connectivity index (χ2v) is 5.83. The highest BCUT2D eigenvalue weighted by Crippen LogP contribution is 2.27. The summed E-state index contributed by atoms with van der Waals surface area (Å²) < 4.78 is 0. The van der Waals surface area contributed by atoms with Gasteiger partial charge in [-0.2, -0.15) is 0 Å². The summed E-state index contributed by atoms with van der Waals surface area (Å²) in [7, 11) is 0. The van der Waals surface area contributed by atoms with Crippen molar-refractivity contribution >= 4 is 32.9 Å². The van der Waals surface area contributed by atoms with Crippen molar-refractivity contribution < 1.29 is 0 Å². The molecular formula is C20H24N2. The normalized spacial score (nSPS) is 11.0. The topological polar surface area (TPSA) is 24.1 Å². The first kappa shape index (κ1) is 14.7. The fraction of sp³-hybridized carbons (Fsp3) is 0.300. The van der Waals surface area contributed by atoms with Gasteiger partial charge in [0.1, 0.15) is 0 Å². The second-order valence-electron chi connectivity index (χ2n) is 5.83. The average Bonchev–Trinajstić information content (AvgIpc) is 2.56. The van der Waals surface area contributed by atoms with Crippen molar-refractivity contribution in [1.29, 1.82) is 0 Å². The van der Waals surface area contributed by atoms with Gasteiger partial charge in [0, 0.05) is 24.5 Å². The van der Waals surface area contributed by atoms with E-state index in [9.17, 15) is 0 Å². The summed E-state index contributed by atoms with van der Waals surface area (Å²) in [6.45, 7) is 6.41. The number of hydrogen-bond donors (Lipinski definition) is 2. The van der Waals surface area contributed by atoms with Gasteiger partial charge in [-0.1, -0.05) is 26.0 Å². The van der Waals surface area contributed by atoms with Gasteiger partial charge in [-0.25, -0.2) is 0 Å². The molecule has 3 rings (SSSR count). The van der Waals surface area contributed by atoms with E-state index in [4.69, 9.17) is 0 Å². The van der Waals surface area contributed by atoms with Crippen molar-refractivity contribution in [2.75, 3.05) is 23.7 Å². The highest BCUT2D eigenvalue weighted by Gasteiger charge is 2.01. The molecule has 22 heavy (non-hydrogen) atoms. The van der Waals surface area contributed by atoms with Gasteiger partial charge in [0.15, 0.2) is 0 Å². The third-order valence-electron chi connectivity index (χ3n) is 3.95. The second kappa shape index (κ2) is 6.69. The van der Waals surface area contributed by atoms with E-state index in [1.54, 1.807) is 0 Å². The van der Waals surface area contributed by atoms with E-state index >= 15 is 0 Å². The zero-order chi connectivity index (χ0) is 15.4. The first-order valence-electron chi connectivity index (χ1n) is 8.25. The van der Waals surface area contributed by atoms with Gasteiger partial charge in [0.25, 0.3) is 0 Å². The van der Waals surface area contributed by atoms with Crippen LogP contribution in [0.4, 0.5) is 11.4 Å². The Hall–Kier alpha value is -2.22. The van der Waals surface area contributed by atoms with Crippen LogP contribution in [0.25, 0.3) is 21.5 Å². The maximum absolute atomic E-state index is 3.46. The van der Waals surface area contributed by atoms with Gasteiger partial charge in [-0.15, -0.1) is 0 Å². The molecule has 0 aromatic heterocycles. The number of anilines is 2. The summed E-state index contributed by atoms with van der Waals surface area (Å²) in [5.41, 5.74) is 2.41. The van der Waals surface area contributed by atoms with Gasteiger partial charge in [-0.05, 0) is 70.8 Å². The number of fused-ring (bicyclic) bond motifs is 2. The van der Waals surface area contributed by atoms with Gasteiger partial charge >= 0.3 is 0 Å². The first-order chi connectivity index (χ1) is 10.8. The third-order valence-corrected chi connectivity index (χ3v) is 3.95. The van der Waals surface area contributed by atoms with Crippen LogP contribution in [0.15, 0.2) is 48.5 Å². The maximum Gasteiger partial charge on any atom is 0.0346 e. The minimum Gasteiger partial charge on any atom is -0.385 e. The molecule has 0 aliphatic rings. The van der Waals surface area contributed by atoms with Crippen molar-refractivity contribution in [1.82, 2.24) is 0 Å². The van der Waals surface area contributed by atoms with Crippen molar-refractivity contribution in [2.45, 2.75) is 26.7 Å². The zero-order valence-corrected chi connectivity index (χ0v) is 13.4. The molecule has 3 aromatic carbocycles. The highest BCUT2D eigenvalue weighted by molar-refractivity contribution is 6.00. The van der Waals surface area contributed by atoms with Gasteiger partial charge in [0.2, 0.25) is 0 Å². The third kappa shape index (κ3) is 3.16. The molecule has 2 N–H and O–H groups in total. The van der Waals surface area contributed by atoms with Crippen molar-refractivity contribution in [3.8, 4) is 0 Å². The van der Waals surface area contributed by atoms with Gasteiger partial charge in [-0.3, -0.25) is 0 Å². The van der Waals surface area contributed by atoms with E-state index < -0.39 is 0 Å². The predicted molar refractivity (Wildman–Crippen MR) is 99.0 cm³/mol. The predicted octanol–water partition coefficient (Wildman–Crippen LogP) is 5.64. The number of nitrogens with one attached hydrogen (secondary N) is 2. The van der Waals surface area contributed by atoms with Gasteiger partial charge in [0.05, 0.1) is 0 Å². The van der Waals surface area contributed by atoms with Crippen LogP contribution in [0.3, 0.4) is 0 Å². The Morgan fingerprint density at radius 3 is 1.45 bits per heavy atom. The summed E-state index contributed by atoms with van der Waals surface area (Å²) >= 11 is 0. The molecule has 0 aliphatic heterocycles. The molecular weight excluding hydrogens is 268 g/mol. The van der Waals surface area contributed by atoms with E-state index in [0.29, 0.717) is 0 Å². The maximum atomic E-state index is 3.46. The standard InChI is InChI=1S/C20H24N2/c1-3-9-21-19-7-5-15-12-18-14-20(22-10-4-2)8-6-16(18)11-17(15)13-19/h5-8,11-14,21-22H,3-4,9-10H2,1-2H3. The zero-order valence-electron chi connectivity index (χ0n) is 13.4. The molecule has 0 heterocycles. The molecule has 114 valence electrons. The van der Waals surface area contributed by atoms with Gasteiger partial charge < -0.3 is 10.6 Å². The molecule has 0 amide bonds. The monoisotopic (exact) mass is 292 g/mol. The molecule has 0 fully saturated rings. The minimum absolute atomic E-state index is 1.02. The molecule has 0 atom stereocenters. The summed E-state index contributed by atoms with van der Waals surface area (Å²) in [4.78, 5) is 0.